The van der Waals surface area contributed by atoms with E-state index in [1.807, 2.05) is 0 Å². The van der Waals surface area contributed by atoms with Crippen molar-refractivity contribution in [2.75, 3.05) is 11.9 Å². The summed E-state index contributed by atoms with van der Waals surface area (Å²) in [5.41, 5.74) is 2.15. The number of aromatic nitrogens is 2. The van der Waals surface area contributed by atoms with Crippen LogP contribution < -0.4 is 5.32 Å². The van der Waals surface area contributed by atoms with Crippen molar-refractivity contribution in [3.05, 3.63) is 58.6 Å². The van der Waals surface area contributed by atoms with Gasteiger partial charge in [-0.15, -0.1) is 10.2 Å². The molecule has 0 atom stereocenters. The maximum Gasteiger partial charge on any atom is 0.201 e. The summed E-state index contributed by atoms with van der Waals surface area (Å²) in [7, 11) is -3.53. The predicted octanol–water partition coefficient (Wildman–Crippen LogP) is 4.41. The van der Waals surface area contributed by atoms with Gasteiger partial charge < -0.3 is 5.32 Å². The zero-order valence-electron chi connectivity index (χ0n) is 14.5. The largest absolute Gasteiger partial charge is 0.368 e. The van der Waals surface area contributed by atoms with E-state index < -0.39 is 9.84 Å². The minimum absolute atomic E-state index is 0.0204. The Morgan fingerprint density at radius 3 is 2.50 bits per heavy atom. The second-order valence-electron chi connectivity index (χ2n) is 6.43. The number of hydrogen-bond acceptors (Lipinski definition) is 5. The van der Waals surface area contributed by atoms with Crippen molar-refractivity contribution in [1.29, 1.82) is 0 Å². The molecule has 1 aliphatic carbocycles. The van der Waals surface area contributed by atoms with Gasteiger partial charge in [0.15, 0.2) is 5.03 Å². The highest BCUT2D eigenvalue weighted by Crippen LogP contribution is 2.20. The van der Waals surface area contributed by atoms with Gasteiger partial charge in [0.25, 0.3) is 0 Å². The standard InChI is InChI=1S/C19H22ClN3O2S/c20-17-8-6-16(7-9-17)14-26(24,25)19-11-10-18(22-23-19)21-13-12-15-4-2-1-3-5-15/h4,6-11H,1-3,5,12-14H2,(H,21,22). The highest BCUT2D eigenvalue weighted by atomic mass is 35.5. The predicted molar refractivity (Wildman–Crippen MR) is 104 cm³/mol. The Morgan fingerprint density at radius 1 is 1.04 bits per heavy atom. The van der Waals surface area contributed by atoms with Gasteiger partial charge in [-0.25, -0.2) is 8.42 Å². The lowest BCUT2D eigenvalue weighted by Crippen LogP contribution is -2.10. The number of benzene rings is 1. The van der Waals surface area contributed by atoms with E-state index in [1.165, 1.54) is 37.3 Å². The molecule has 0 saturated heterocycles. The quantitative estimate of drug-likeness (QED) is 0.708. The highest BCUT2D eigenvalue weighted by Gasteiger charge is 2.17. The fourth-order valence-corrected chi connectivity index (χ4v) is 4.28. The van der Waals surface area contributed by atoms with Gasteiger partial charge in [-0.3, -0.25) is 0 Å². The van der Waals surface area contributed by atoms with E-state index in [-0.39, 0.29) is 10.8 Å². The molecule has 0 unspecified atom stereocenters. The molecule has 0 bridgehead atoms. The molecule has 138 valence electrons. The molecule has 1 aromatic heterocycles. The summed E-state index contributed by atoms with van der Waals surface area (Å²) >= 11 is 5.83. The number of halogens is 1. The molecular weight excluding hydrogens is 370 g/mol. The molecular formula is C19H22ClN3O2S. The molecule has 0 spiro atoms. The Hall–Kier alpha value is -1.92. The molecule has 2 aromatic rings. The maximum atomic E-state index is 12.5. The van der Waals surface area contributed by atoms with Crippen LogP contribution in [0.3, 0.4) is 0 Å². The van der Waals surface area contributed by atoms with Crippen LogP contribution in [0.5, 0.6) is 0 Å². The maximum absolute atomic E-state index is 12.5. The number of nitrogens with one attached hydrogen (secondary N) is 1. The number of hydrogen-bond donors (Lipinski definition) is 1. The summed E-state index contributed by atoms with van der Waals surface area (Å²) in [6, 6.07) is 9.91. The lowest BCUT2D eigenvalue weighted by atomic mass is 9.97. The Morgan fingerprint density at radius 2 is 1.85 bits per heavy atom. The molecule has 0 amide bonds. The second-order valence-corrected chi connectivity index (χ2v) is 8.80. The van der Waals surface area contributed by atoms with E-state index in [0.29, 0.717) is 16.4 Å². The molecule has 1 aromatic carbocycles. The minimum Gasteiger partial charge on any atom is -0.368 e. The third-order valence-electron chi connectivity index (χ3n) is 4.37. The van der Waals surface area contributed by atoms with Gasteiger partial charge in [-0.1, -0.05) is 35.4 Å². The fraction of sp³-hybridized carbons (Fsp3) is 0.368. The molecule has 0 fully saturated rings. The summed E-state index contributed by atoms with van der Waals surface area (Å²) < 4.78 is 24.9. The molecule has 1 heterocycles. The topological polar surface area (TPSA) is 72.0 Å². The lowest BCUT2D eigenvalue weighted by Gasteiger charge is -2.13. The van der Waals surface area contributed by atoms with E-state index in [1.54, 1.807) is 30.3 Å². The van der Waals surface area contributed by atoms with Crippen molar-refractivity contribution in [3.8, 4) is 0 Å². The Balaban J connectivity index is 1.57. The number of rotatable bonds is 7. The van der Waals surface area contributed by atoms with Crippen molar-refractivity contribution < 1.29 is 8.42 Å². The van der Waals surface area contributed by atoms with Gasteiger partial charge in [0.2, 0.25) is 9.84 Å². The third-order valence-corrected chi connectivity index (χ3v) is 6.19. The van der Waals surface area contributed by atoms with E-state index >= 15 is 0 Å². The lowest BCUT2D eigenvalue weighted by molar-refractivity contribution is 0.589. The van der Waals surface area contributed by atoms with Crippen LogP contribution in [0, 0.1) is 0 Å². The average Bonchev–Trinajstić information content (AvgIpc) is 2.65. The van der Waals surface area contributed by atoms with Crippen molar-refractivity contribution in [3.63, 3.8) is 0 Å². The van der Waals surface area contributed by atoms with Gasteiger partial charge in [-0.05, 0) is 61.9 Å². The minimum atomic E-state index is -3.53. The molecule has 0 saturated carbocycles. The second kappa shape index (κ2) is 8.64. The van der Waals surface area contributed by atoms with Gasteiger partial charge >= 0.3 is 0 Å². The summed E-state index contributed by atoms with van der Waals surface area (Å²) in [5.74, 6) is 0.464. The monoisotopic (exact) mass is 391 g/mol. The SMILES string of the molecule is O=S(=O)(Cc1ccc(Cl)cc1)c1ccc(NCCC2=CCCCC2)nn1. The Bertz CT molecular complexity index is 863. The fourth-order valence-electron chi connectivity index (χ4n) is 2.94. The first kappa shape index (κ1) is 18.9. The Labute approximate surface area is 159 Å². The molecule has 0 radical (unpaired) electrons. The highest BCUT2D eigenvalue weighted by molar-refractivity contribution is 7.90. The first-order valence-corrected chi connectivity index (χ1v) is 10.8. The number of anilines is 1. The molecule has 26 heavy (non-hydrogen) atoms. The number of allylic oxidation sites excluding steroid dienone is 1. The molecule has 1 aliphatic rings. The van der Waals surface area contributed by atoms with E-state index in [0.717, 1.165) is 13.0 Å². The van der Waals surface area contributed by atoms with Crippen molar-refractivity contribution >= 4 is 27.3 Å². The van der Waals surface area contributed by atoms with Crippen LogP contribution in [0.1, 0.15) is 37.7 Å². The van der Waals surface area contributed by atoms with Gasteiger partial charge in [0, 0.05) is 11.6 Å². The average molecular weight is 392 g/mol. The summed E-state index contributed by atoms with van der Waals surface area (Å²) in [6.07, 6.45) is 8.21. The molecule has 7 heteroatoms. The smallest absolute Gasteiger partial charge is 0.201 e. The molecule has 1 N–H and O–H groups in total. The van der Waals surface area contributed by atoms with Gasteiger partial charge in [-0.2, -0.15) is 0 Å². The number of nitrogens with zero attached hydrogens (tertiary/aromatic N) is 2. The van der Waals surface area contributed by atoms with Gasteiger partial charge in [0.1, 0.15) is 5.82 Å². The normalized spacial score (nSPS) is 14.7. The number of sulfone groups is 1. The van der Waals surface area contributed by atoms with Crippen molar-refractivity contribution in [2.45, 2.75) is 42.9 Å². The van der Waals surface area contributed by atoms with Crippen LogP contribution in [-0.4, -0.2) is 25.2 Å². The molecule has 3 rings (SSSR count). The zero-order chi connectivity index (χ0) is 18.4. The van der Waals surface area contributed by atoms with Crippen LogP contribution in [0.25, 0.3) is 0 Å². The first-order chi connectivity index (χ1) is 12.5. The van der Waals surface area contributed by atoms with Crippen molar-refractivity contribution in [2.24, 2.45) is 0 Å². The van der Waals surface area contributed by atoms with E-state index in [4.69, 9.17) is 11.6 Å². The first-order valence-electron chi connectivity index (χ1n) is 8.76. The van der Waals surface area contributed by atoms with Crippen LogP contribution in [0.15, 0.2) is 53.1 Å². The summed E-state index contributed by atoms with van der Waals surface area (Å²) in [5, 5.41) is 11.6. The van der Waals surface area contributed by atoms with Crippen LogP contribution >= 0.6 is 11.6 Å². The van der Waals surface area contributed by atoms with E-state index in [9.17, 15) is 8.42 Å². The summed E-state index contributed by atoms with van der Waals surface area (Å²) in [4.78, 5) is 0. The van der Waals surface area contributed by atoms with Crippen molar-refractivity contribution in [1.82, 2.24) is 10.2 Å². The summed E-state index contributed by atoms with van der Waals surface area (Å²) in [6.45, 7) is 0.775. The van der Waals surface area contributed by atoms with Crippen LogP contribution in [0.2, 0.25) is 5.02 Å². The third kappa shape index (κ3) is 5.29. The van der Waals surface area contributed by atoms with Crippen LogP contribution in [0.4, 0.5) is 5.82 Å². The molecule has 0 aliphatic heterocycles. The van der Waals surface area contributed by atoms with Gasteiger partial charge in [0.05, 0.1) is 5.75 Å². The Kier molecular flexibility index (Phi) is 6.27. The molecule has 5 nitrogen and oxygen atoms in total. The van der Waals surface area contributed by atoms with Crippen LogP contribution in [-0.2, 0) is 15.6 Å². The van der Waals surface area contributed by atoms with E-state index in [2.05, 4.69) is 21.6 Å². The zero-order valence-corrected chi connectivity index (χ0v) is 16.1.